The van der Waals surface area contributed by atoms with E-state index in [1.54, 1.807) is 6.08 Å². The Morgan fingerprint density at radius 3 is 2.42 bits per heavy atom. The summed E-state index contributed by atoms with van der Waals surface area (Å²) in [5, 5.41) is 10.1. The van der Waals surface area contributed by atoms with Crippen LogP contribution in [0.3, 0.4) is 0 Å². The molecule has 0 amide bonds. The van der Waals surface area contributed by atoms with E-state index in [4.69, 9.17) is 0 Å². The van der Waals surface area contributed by atoms with Gasteiger partial charge in [-0.2, -0.15) is 0 Å². The maximum Gasteiger partial charge on any atom is 0.155 e. The van der Waals surface area contributed by atoms with E-state index in [2.05, 4.69) is 0 Å². The monoisotopic (exact) mass is 168 g/mol. The lowest BCUT2D eigenvalue weighted by molar-refractivity contribution is -0.118. The third-order valence-electron chi connectivity index (χ3n) is 2.60. The Kier molecular flexibility index (Phi) is 2.13. The summed E-state index contributed by atoms with van der Waals surface area (Å²) in [5.41, 5.74) is -0.995. The van der Waals surface area contributed by atoms with Crippen LogP contribution in [-0.2, 0) is 4.79 Å². The van der Waals surface area contributed by atoms with Gasteiger partial charge in [0.1, 0.15) is 0 Å². The fourth-order valence-electron chi connectivity index (χ4n) is 1.34. The molecule has 1 rings (SSSR count). The summed E-state index contributed by atoms with van der Waals surface area (Å²) in [7, 11) is 0. The van der Waals surface area contributed by atoms with Gasteiger partial charge in [0.2, 0.25) is 0 Å². The third-order valence-corrected chi connectivity index (χ3v) is 2.60. The number of hydrogen-bond donors (Lipinski definition) is 1. The molecule has 0 aliphatic heterocycles. The van der Waals surface area contributed by atoms with Crippen molar-refractivity contribution < 1.29 is 9.90 Å². The van der Waals surface area contributed by atoms with Crippen LogP contribution in [0.5, 0.6) is 0 Å². The number of carbonyl (C=O) groups excluding carboxylic acids is 1. The van der Waals surface area contributed by atoms with Crippen molar-refractivity contribution in [2.45, 2.75) is 39.2 Å². The average molecular weight is 168 g/mol. The highest BCUT2D eigenvalue weighted by Gasteiger charge is 2.39. The summed E-state index contributed by atoms with van der Waals surface area (Å²) in [5.74, 6) is 0.115. The number of hydrogen-bond acceptors (Lipinski definition) is 2. The lowest BCUT2D eigenvalue weighted by Crippen LogP contribution is -2.42. The Labute approximate surface area is 73.3 Å². The van der Waals surface area contributed by atoms with Gasteiger partial charge >= 0.3 is 0 Å². The van der Waals surface area contributed by atoms with Crippen LogP contribution in [-0.4, -0.2) is 16.5 Å². The third kappa shape index (κ3) is 1.58. The van der Waals surface area contributed by atoms with E-state index in [0.29, 0.717) is 12.8 Å². The van der Waals surface area contributed by atoms with Crippen LogP contribution in [0.25, 0.3) is 0 Å². The predicted molar refractivity (Wildman–Crippen MR) is 47.8 cm³/mol. The van der Waals surface area contributed by atoms with E-state index in [1.165, 1.54) is 6.08 Å². The molecular weight excluding hydrogens is 152 g/mol. The van der Waals surface area contributed by atoms with E-state index in [-0.39, 0.29) is 11.2 Å². The zero-order chi connectivity index (χ0) is 9.41. The van der Waals surface area contributed by atoms with Gasteiger partial charge in [-0.15, -0.1) is 0 Å². The minimum atomic E-state index is -0.805. The van der Waals surface area contributed by atoms with Crippen LogP contribution in [0.15, 0.2) is 12.2 Å². The summed E-state index contributed by atoms with van der Waals surface area (Å²) in [6, 6.07) is 0. The Bertz CT molecular complexity index is 222. The Hall–Kier alpha value is -0.630. The Morgan fingerprint density at radius 2 is 2.08 bits per heavy atom. The quantitative estimate of drug-likeness (QED) is 0.597. The molecule has 68 valence electrons. The molecule has 0 heterocycles. The van der Waals surface area contributed by atoms with Crippen molar-refractivity contribution in [1.29, 1.82) is 0 Å². The highest BCUT2D eigenvalue weighted by atomic mass is 16.3. The fourth-order valence-corrected chi connectivity index (χ4v) is 1.34. The van der Waals surface area contributed by atoms with Gasteiger partial charge in [0, 0.05) is 6.42 Å². The molecule has 2 heteroatoms. The normalized spacial score (nSPS) is 30.8. The van der Waals surface area contributed by atoms with Gasteiger partial charge in [-0.05, 0) is 24.0 Å². The first-order chi connectivity index (χ1) is 5.35. The summed E-state index contributed by atoms with van der Waals surface area (Å²) >= 11 is 0. The number of rotatable bonds is 0. The van der Waals surface area contributed by atoms with Crippen molar-refractivity contribution in [3.8, 4) is 0 Å². The highest BCUT2D eigenvalue weighted by molar-refractivity contribution is 5.90. The molecule has 2 nitrogen and oxygen atoms in total. The van der Waals surface area contributed by atoms with Crippen molar-refractivity contribution >= 4 is 5.78 Å². The summed E-state index contributed by atoms with van der Waals surface area (Å²) in [6.07, 6.45) is 4.14. The Balaban J connectivity index is 2.88. The van der Waals surface area contributed by atoms with Gasteiger partial charge in [0.25, 0.3) is 0 Å². The first-order valence-corrected chi connectivity index (χ1v) is 4.30. The van der Waals surface area contributed by atoms with Gasteiger partial charge in [-0.3, -0.25) is 4.79 Å². The number of carbonyl (C=O) groups is 1. The average Bonchev–Trinajstić information content (AvgIpc) is 1.93. The molecule has 0 aromatic rings. The summed E-state index contributed by atoms with van der Waals surface area (Å²) in [4.78, 5) is 10.9. The minimum Gasteiger partial charge on any atom is -0.385 e. The Morgan fingerprint density at radius 1 is 1.50 bits per heavy atom. The number of allylic oxidation sites excluding steroid dienone is 1. The predicted octanol–water partition coefficient (Wildman–Crippen LogP) is 1.68. The lowest BCUT2D eigenvalue weighted by Gasteiger charge is -2.39. The second kappa shape index (κ2) is 2.70. The van der Waals surface area contributed by atoms with Crippen molar-refractivity contribution in [2.24, 2.45) is 5.41 Å². The van der Waals surface area contributed by atoms with Crippen LogP contribution in [0, 0.1) is 5.41 Å². The van der Waals surface area contributed by atoms with Gasteiger partial charge in [-0.1, -0.05) is 20.8 Å². The topological polar surface area (TPSA) is 37.3 Å². The molecule has 0 saturated carbocycles. The number of ketones is 1. The van der Waals surface area contributed by atoms with E-state index >= 15 is 0 Å². The molecule has 1 N–H and O–H groups in total. The molecule has 0 radical (unpaired) electrons. The summed E-state index contributed by atoms with van der Waals surface area (Å²) < 4.78 is 0. The standard InChI is InChI=1S/C10H16O2/c1-9(2,3)10(12)6-4-8(11)5-7-10/h4,6,12H,5,7H2,1-3H3. The maximum atomic E-state index is 10.9. The molecular formula is C10H16O2. The van der Waals surface area contributed by atoms with Crippen LogP contribution in [0.2, 0.25) is 0 Å². The second-order valence-electron chi connectivity index (χ2n) is 4.47. The largest absolute Gasteiger partial charge is 0.385 e. The maximum absolute atomic E-state index is 10.9. The van der Waals surface area contributed by atoms with Gasteiger partial charge in [0.15, 0.2) is 5.78 Å². The fraction of sp³-hybridized carbons (Fsp3) is 0.700. The van der Waals surface area contributed by atoms with Gasteiger partial charge in [-0.25, -0.2) is 0 Å². The SMILES string of the molecule is CC(C)(C)C1(O)C=CC(=O)CC1. The molecule has 0 fully saturated rings. The first-order valence-electron chi connectivity index (χ1n) is 4.30. The van der Waals surface area contributed by atoms with E-state index in [9.17, 15) is 9.90 Å². The molecule has 0 bridgehead atoms. The zero-order valence-corrected chi connectivity index (χ0v) is 7.92. The number of aliphatic hydroxyl groups is 1. The molecule has 12 heavy (non-hydrogen) atoms. The molecule has 1 aliphatic rings. The first kappa shape index (κ1) is 9.46. The van der Waals surface area contributed by atoms with Gasteiger partial charge in [0.05, 0.1) is 5.60 Å². The van der Waals surface area contributed by atoms with Gasteiger partial charge < -0.3 is 5.11 Å². The smallest absolute Gasteiger partial charge is 0.155 e. The molecule has 0 spiro atoms. The van der Waals surface area contributed by atoms with E-state index in [0.717, 1.165) is 0 Å². The molecule has 1 atom stereocenters. The van der Waals surface area contributed by atoms with Crippen LogP contribution in [0.4, 0.5) is 0 Å². The van der Waals surface area contributed by atoms with Crippen molar-refractivity contribution in [3.05, 3.63) is 12.2 Å². The summed E-state index contributed by atoms with van der Waals surface area (Å²) in [6.45, 7) is 5.94. The minimum absolute atomic E-state index is 0.115. The van der Waals surface area contributed by atoms with Crippen LogP contribution >= 0.6 is 0 Å². The highest BCUT2D eigenvalue weighted by Crippen LogP contribution is 2.37. The van der Waals surface area contributed by atoms with Crippen molar-refractivity contribution in [3.63, 3.8) is 0 Å². The van der Waals surface area contributed by atoms with Crippen molar-refractivity contribution in [2.75, 3.05) is 0 Å². The molecule has 1 unspecified atom stereocenters. The van der Waals surface area contributed by atoms with Crippen LogP contribution in [0.1, 0.15) is 33.6 Å². The molecule has 0 aromatic carbocycles. The van der Waals surface area contributed by atoms with Crippen molar-refractivity contribution in [1.82, 2.24) is 0 Å². The molecule has 1 aliphatic carbocycles. The second-order valence-corrected chi connectivity index (χ2v) is 4.47. The van der Waals surface area contributed by atoms with E-state index in [1.807, 2.05) is 20.8 Å². The van der Waals surface area contributed by atoms with Crippen LogP contribution < -0.4 is 0 Å². The van der Waals surface area contributed by atoms with E-state index < -0.39 is 5.60 Å². The lowest BCUT2D eigenvalue weighted by atomic mass is 9.71. The molecule has 0 aromatic heterocycles. The zero-order valence-electron chi connectivity index (χ0n) is 7.92. The molecule has 0 saturated heterocycles.